The minimum absolute atomic E-state index is 0.0739. The van der Waals surface area contributed by atoms with Crippen molar-refractivity contribution in [3.05, 3.63) is 82.3 Å². The third-order valence-corrected chi connectivity index (χ3v) is 3.37. The fourth-order valence-electron chi connectivity index (χ4n) is 2.13. The van der Waals surface area contributed by atoms with Gasteiger partial charge in [0.15, 0.2) is 11.6 Å². The van der Waals surface area contributed by atoms with Gasteiger partial charge in [0.25, 0.3) is 11.5 Å². The summed E-state index contributed by atoms with van der Waals surface area (Å²) in [7, 11) is 0. The largest absolute Gasteiger partial charge is 0.505 e. The first kappa shape index (κ1) is 16.3. The number of nitrogens with zero attached hydrogens (tertiary/aromatic N) is 2. The Labute approximate surface area is 140 Å². The molecule has 3 rings (SSSR count). The number of carbonyl (C=O) groups excluding carboxylic acids is 1. The summed E-state index contributed by atoms with van der Waals surface area (Å²) < 4.78 is 27.3. The number of rotatable bonds is 3. The molecule has 0 aliphatic rings. The molecule has 8 heteroatoms. The zero-order chi connectivity index (χ0) is 18.0. The molecular formula is C17H11F2N3O3. The Kier molecular flexibility index (Phi) is 4.25. The van der Waals surface area contributed by atoms with Crippen LogP contribution in [0, 0.1) is 11.6 Å². The number of amides is 1. The predicted octanol–water partition coefficient (Wildman–Crippen LogP) is 2.47. The van der Waals surface area contributed by atoms with Crippen LogP contribution in [0.4, 0.5) is 14.5 Å². The van der Waals surface area contributed by atoms with E-state index in [9.17, 15) is 18.4 Å². The maximum absolute atomic E-state index is 13.3. The van der Waals surface area contributed by atoms with Gasteiger partial charge in [0.2, 0.25) is 0 Å². The highest BCUT2D eigenvalue weighted by Crippen LogP contribution is 2.19. The van der Waals surface area contributed by atoms with E-state index in [0.717, 1.165) is 28.9 Å². The fourth-order valence-corrected chi connectivity index (χ4v) is 2.13. The fraction of sp³-hybridized carbons (Fsp3) is 0. The lowest BCUT2D eigenvalue weighted by Crippen LogP contribution is -2.29. The van der Waals surface area contributed by atoms with Crippen LogP contribution in [0.25, 0.3) is 5.69 Å². The molecule has 0 saturated carbocycles. The molecule has 2 N–H and O–H groups in total. The molecule has 0 radical (unpaired) electrons. The minimum Gasteiger partial charge on any atom is -0.505 e. The first-order valence-electron chi connectivity index (χ1n) is 7.10. The summed E-state index contributed by atoms with van der Waals surface area (Å²) in [6.07, 6.45) is 1.25. The average molecular weight is 343 g/mol. The number of aromatic nitrogens is 2. The van der Waals surface area contributed by atoms with E-state index in [1.54, 1.807) is 0 Å². The van der Waals surface area contributed by atoms with Crippen LogP contribution in [0.2, 0.25) is 0 Å². The van der Waals surface area contributed by atoms with E-state index < -0.39 is 28.9 Å². The van der Waals surface area contributed by atoms with Crippen LogP contribution in [0.15, 0.2) is 59.5 Å². The molecule has 0 unspecified atom stereocenters. The van der Waals surface area contributed by atoms with Gasteiger partial charge in [-0.1, -0.05) is 0 Å². The molecule has 6 nitrogen and oxygen atoms in total. The van der Waals surface area contributed by atoms with Crippen LogP contribution in [-0.4, -0.2) is 20.8 Å². The highest BCUT2D eigenvalue weighted by molar-refractivity contribution is 6.04. The molecule has 0 spiro atoms. The zero-order valence-electron chi connectivity index (χ0n) is 12.6. The Hall–Kier alpha value is -3.55. The normalized spacial score (nSPS) is 10.5. The standard InChI is InChI=1S/C17H11F2N3O3/c18-10-1-4-12(5-2-10)22-17(25)13(7-8-20-22)16(24)21-11-3-6-15(23)14(19)9-11/h1-9,23H,(H,21,24). The lowest BCUT2D eigenvalue weighted by atomic mass is 10.2. The Balaban J connectivity index is 1.93. The van der Waals surface area contributed by atoms with Crippen molar-refractivity contribution in [2.75, 3.05) is 5.32 Å². The quantitative estimate of drug-likeness (QED) is 0.716. The second-order valence-corrected chi connectivity index (χ2v) is 5.06. The Morgan fingerprint density at radius 3 is 2.48 bits per heavy atom. The van der Waals surface area contributed by atoms with Gasteiger partial charge in [0.1, 0.15) is 11.4 Å². The maximum Gasteiger partial charge on any atom is 0.284 e. The monoisotopic (exact) mass is 343 g/mol. The minimum atomic E-state index is -0.906. The van der Waals surface area contributed by atoms with E-state index in [1.165, 1.54) is 30.5 Å². The molecule has 3 aromatic rings. The number of benzene rings is 2. The van der Waals surface area contributed by atoms with Gasteiger partial charge in [-0.15, -0.1) is 0 Å². The van der Waals surface area contributed by atoms with Gasteiger partial charge in [-0.3, -0.25) is 9.59 Å². The topological polar surface area (TPSA) is 84.2 Å². The van der Waals surface area contributed by atoms with E-state index >= 15 is 0 Å². The number of phenolic OH excluding ortho intramolecular Hbond substituents is 1. The first-order valence-corrected chi connectivity index (χ1v) is 7.10. The molecule has 0 aliphatic carbocycles. The van der Waals surface area contributed by atoms with E-state index in [0.29, 0.717) is 0 Å². The third kappa shape index (κ3) is 3.37. The number of nitrogens with one attached hydrogen (secondary N) is 1. The van der Waals surface area contributed by atoms with Gasteiger partial charge in [0, 0.05) is 18.0 Å². The Morgan fingerprint density at radius 1 is 1.08 bits per heavy atom. The van der Waals surface area contributed by atoms with Gasteiger partial charge < -0.3 is 10.4 Å². The highest BCUT2D eigenvalue weighted by atomic mass is 19.1. The van der Waals surface area contributed by atoms with Gasteiger partial charge in [-0.25, -0.2) is 8.78 Å². The number of carbonyl (C=O) groups is 1. The summed E-state index contributed by atoms with van der Waals surface area (Å²) in [5, 5.41) is 15.4. The number of aromatic hydroxyl groups is 1. The van der Waals surface area contributed by atoms with E-state index in [1.807, 2.05) is 0 Å². The second-order valence-electron chi connectivity index (χ2n) is 5.06. The van der Waals surface area contributed by atoms with Crippen molar-refractivity contribution in [2.45, 2.75) is 0 Å². The van der Waals surface area contributed by atoms with Crippen LogP contribution in [0.5, 0.6) is 5.75 Å². The van der Waals surface area contributed by atoms with Crippen LogP contribution in [0.3, 0.4) is 0 Å². The maximum atomic E-state index is 13.3. The predicted molar refractivity (Wildman–Crippen MR) is 85.8 cm³/mol. The molecule has 126 valence electrons. The summed E-state index contributed by atoms with van der Waals surface area (Å²) >= 11 is 0. The van der Waals surface area contributed by atoms with E-state index in [-0.39, 0.29) is 16.9 Å². The molecule has 0 bridgehead atoms. The summed E-state index contributed by atoms with van der Waals surface area (Å²) in [5.41, 5.74) is -0.583. The van der Waals surface area contributed by atoms with E-state index in [4.69, 9.17) is 5.11 Å². The molecule has 1 amide bonds. The van der Waals surface area contributed by atoms with Gasteiger partial charge in [-0.2, -0.15) is 9.78 Å². The molecule has 0 atom stereocenters. The second kappa shape index (κ2) is 6.52. The van der Waals surface area contributed by atoms with Crippen LogP contribution in [0.1, 0.15) is 10.4 Å². The Bertz CT molecular complexity index is 1000. The molecule has 0 saturated heterocycles. The van der Waals surface area contributed by atoms with Gasteiger partial charge >= 0.3 is 0 Å². The SMILES string of the molecule is O=C(Nc1ccc(O)c(F)c1)c1ccnn(-c2ccc(F)cc2)c1=O. The Morgan fingerprint density at radius 2 is 1.80 bits per heavy atom. The number of halogens is 2. The lowest BCUT2D eigenvalue weighted by Gasteiger charge is -2.08. The zero-order valence-corrected chi connectivity index (χ0v) is 12.6. The van der Waals surface area contributed by atoms with E-state index in [2.05, 4.69) is 10.4 Å². The molecule has 25 heavy (non-hydrogen) atoms. The number of phenols is 1. The molecule has 2 aromatic carbocycles. The molecule has 1 heterocycles. The van der Waals surface area contributed by atoms with Crippen molar-refractivity contribution >= 4 is 11.6 Å². The average Bonchev–Trinajstić information content (AvgIpc) is 2.59. The van der Waals surface area contributed by atoms with Crippen LogP contribution >= 0.6 is 0 Å². The van der Waals surface area contributed by atoms with Crippen molar-refractivity contribution in [1.82, 2.24) is 9.78 Å². The number of hydrogen-bond acceptors (Lipinski definition) is 4. The van der Waals surface area contributed by atoms with Crippen LogP contribution < -0.4 is 10.9 Å². The summed E-state index contributed by atoms with van der Waals surface area (Å²) in [4.78, 5) is 24.7. The van der Waals surface area contributed by atoms with Crippen molar-refractivity contribution < 1.29 is 18.7 Å². The first-order chi connectivity index (χ1) is 12.0. The third-order valence-electron chi connectivity index (χ3n) is 3.37. The van der Waals surface area contributed by atoms with Crippen molar-refractivity contribution in [2.24, 2.45) is 0 Å². The summed E-state index contributed by atoms with van der Waals surface area (Å²) in [6.45, 7) is 0. The number of hydrogen-bond donors (Lipinski definition) is 2. The van der Waals surface area contributed by atoms with Gasteiger partial charge in [0.05, 0.1) is 5.69 Å². The highest BCUT2D eigenvalue weighted by Gasteiger charge is 2.15. The molecule has 0 aliphatic heterocycles. The summed E-state index contributed by atoms with van der Waals surface area (Å²) in [6, 6.07) is 9.53. The van der Waals surface area contributed by atoms with Gasteiger partial charge in [-0.05, 0) is 42.5 Å². The smallest absolute Gasteiger partial charge is 0.284 e. The lowest BCUT2D eigenvalue weighted by molar-refractivity contribution is 0.102. The van der Waals surface area contributed by atoms with Crippen LogP contribution in [-0.2, 0) is 0 Å². The van der Waals surface area contributed by atoms with Crippen molar-refractivity contribution in [1.29, 1.82) is 0 Å². The molecule has 0 fully saturated rings. The molecule has 1 aromatic heterocycles. The molecular weight excluding hydrogens is 332 g/mol. The van der Waals surface area contributed by atoms with Crippen molar-refractivity contribution in [3.63, 3.8) is 0 Å². The van der Waals surface area contributed by atoms with Crippen molar-refractivity contribution in [3.8, 4) is 11.4 Å². The number of anilines is 1. The summed E-state index contributed by atoms with van der Waals surface area (Å²) in [5.74, 6) is -2.70.